The lowest BCUT2D eigenvalue weighted by molar-refractivity contribution is 0.0142. The van der Waals surface area contributed by atoms with Gasteiger partial charge in [0.25, 0.3) is 0 Å². The molecule has 0 spiro atoms. The summed E-state index contributed by atoms with van der Waals surface area (Å²) in [5.41, 5.74) is 1.24. The van der Waals surface area contributed by atoms with Crippen LogP contribution < -0.4 is 9.47 Å². The zero-order valence-electron chi connectivity index (χ0n) is 23.2. The lowest BCUT2D eigenvalue weighted by atomic mass is 10.1. The van der Waals surface area contributed by atoms with Gasteiger partial charge in [0.15, 0.2) is 0 Å². The zero-order chi connectivity index (χ0) is 28.1. The average Bonchev–Trinajstić information content (AvgIpc) is 3.36. The van der Waals surface area contributed by atoms with E-state index in [-0.39, 0.29) is 11.9 Å². The number of piperazine rings is 1. The average molecular weight is 547 g/mol. The molecule has 0 unspecified atom stereocenters. The van der Waals surface area contributed by atoms with Crippen molar-refractivity contribution in [1.82, 2.24) is 9.80 Å². The van der Waals surface area contributed by atoms with Crippen molar-refractivity contribution in [2.75, 3.05) is 39.3 Å². The van der Waals surface area contributed by atoms with Gasteiger partial charge in [-0.25, -0.2) is 9.18 Å². The van der Waals surface area contributed by atoms with Crippen LogP contribution >= 0.6 is 0 Å². The van der Waals surface area contributed by atoms with Gasteiger partial charge >= 0.3 is 6.09 Å². The van der Waals surface area contributed by atoms with Crippen molar-refractivity contribution in [2.24, 2.45) is 0 Å². The third kappa shape index (κ3) is 7.33. The molecule has 210 valence electrons. The van der Waals surface area contributed by atoms with Gasteiger partial charge in [-0.2, -0.15) is 0 Å². The third-order valence-corrected chi connectivity index (χ3v) is 6.59. The summed E-state index contributed by atoms with van der Waals surface area (Å²) in [4.78, 5) is 16.4. The Morgan fingerprint density at radius 1 is 0.875 bits per heavy atom. The van der Waals surface area contributed by atoms with Crippen LogP contribution in [0, 0.1) is 5.82 Å². The number of halogens is 1. The molecule has 0 N–H and O–H groups in total. The molecular weight excluding hydrogens is 511 g/mol. The van der Waals surface area contributed by atoms with E-state index in [2.05, 4.69) is 4.90 Å². The highest BCUT2D eigenvalue weighted by molar-refractivity contribution is 5.84. The van der Waals surface area contributed by atoms with Crippen LogP contribution in [0.15, 0.2) is 77.2 Å². The summed E-state index contributed by atoms with van der Waals surface area (Å²) >= 11 is 0. The topological polar surface area (TPSA) is 64.4 Å². The predicted molar refractivity (Wildman–Crippen MR) is 152 cm³/mol. The van der Waals surface area contributed by atoms with Gasteiger partial charge in [0.05, 0.1) is 6.61 Å². The molecule has 0 radical (unpaired) electrons. The molecule has 0 atom stereocenters. The van der Waals surface area contributed by atoms with Crippen LogP contribution in [0.4, 0.5) is 9.18 Å². The Morgan fingerprint density at radius 2 is 1.55 bits per heavy atom. The minimum absolute atomic E-state index is 0.234. The number of amides is 1. The second-order valence-electron chi connectivity index (χ2n) is 10.9. The van der Waals surface area contributed by atoms with E-state index in [1.54, 1.807) is 17.0 Å². The standard InChI is InChI=1S/C32H35FN2O5/c1-32(2,3)40-31(36)35-18-16-34(17-19-35)15-4-20-37-26-9-5-23(6-10-26)30-22-24-21-28(13-14-29(24)39-30)38-27-11-7-25(33)8-12-27/h5-14,21-22H,4,15-20H2,1-3H3. The number of carbonyl (C=O) groups excluding carboxylic acids is 1. The number of furan rings is 1. The molecule has 40 heavy (non-hydrogen) atoms. The van der Waals surface area contributed by atoms with Crippen molar-refractivity contribution in [3.8, 4) is 28.6 Å². The molecule has 1 saturated heterocycles. The summed E-state index contributed by atoms with van der Waals surface area (Å²) in [6.45, 7) is 10.2. The highest BCUT2D eigenvalue weighted by atomic mass is 19.1. The van der Waals surface area contributed by atoms with Crippen molar-refractivity contribution in [3.63, 3.8) is 0 Å². The first-order chi connectivity index (χ1) is 19.2. The number of nitrogens with zero attached hydrogens (tertiary/aromatic N) is 2. The van der Waals surface area contributed by atoms with Crippen LogP contribution in [0.25, 0.3) is 22.3 Å². The van der Waals surface area contributed by atoms with Gasteiger partial charge in [0.2, 0.25) is 0 Å². The Kier molecular flexibility index (Phi) is 8.26. The number of hydrogen-bond acceptors (Lipinski definition) is 6. The lowest BCUT2D eigenvalue weighted by Crippen LogP contribution is -2.50. The molecule has 3 aromatic carbocycles. The van der Waals surface area contributed by atoms with Crippen molar-refractivity contribution in [1.29, 1.82) is 0 Å². The van der Waals surface area contributed by atoms with Crippen LogP contribution in [0.1, 0.15) is 27.2 Å². The molecule has 4 aromatic rings. The number of rotatable bonds is 8. The molecule has 2 heterocycles. The van der Waals surface area contributed by atoms with Crippen molar-refractivity contribution in [2.45, 2.75) is 32.8 Å². The Hall–Kier alpha value is -4.04. The van der Waals surface area contributed by atoms with Gasteiger partial charge in [0, 0.05) is 43.7 Å². The van der Waals surface area contributed by atoms with E-state index in [4.69, 9.17) is 18.6 Å². The summed E-state index contributed by atoms with van der Waals surface area (Å²) in [6, 6.07) is 21.4. The maximum atomic E-state index is 13.1. The molecule has 7 nitrogen and oxygen atoms in total. The minimum Gasteiger partial charge on any atom is -0.494 e. The van der Waals surface area contributed by atoms with E-state index in [0.717, 1.165) is 54.1 Å². The number of fused-ring (bicyclic) bond motifs is 1. The maximum Gasteiger partial charge on any atom is 0.410 e. The quantitative estimate of drug-likeness (QED) is 0.215. The Balaban J connectivity index is 1.07. The first kappa shape index (κ1) is 27.5. The van der Waals surface area contributed by atoms with Crippen LogP contribution in [-0.2, 0) is 4.74 Å². The Morgan fingerprint density at radius 3 is 2.25 bits per heavy atom. The number of hydrogen-bond donors (Lipinski definition) is 0. The SMILES string of the molecule is CC(C)(C)OC(=O)N1CCN(CCCOc2ccc(-c3cc4cc(Oc5ccc(F)cc5)ccc4o3)cc2)CC1. The second kappa shape index (κ2) is 12.0. The molecule has 0 aliphatic carbocycles. The molecule has 0 bridgehead atoms. The molecule has 5 rings (SSSR count). The number of benzene rings is 3. The number of ether oxygens (including phenoxy) is 3. The minimum atomic E-state index is -0.470. The van der Waals surface area contributed by atoms with Crippen LogP contribution in [0.3, 0.4) is 0 Å². The van der Waals surface area contributed by atoms with Crippen LogP contribution in [-0.4, -0.2) is 60.8 Å². The highest BCUT2D eigenvalue weighted by Crippen LogP contribution is 2.32. The van der Waals surface area contributed by atoms with E-state index >= 15 is 0 Å². The van der Waals surface area contributed by atoms with E-state index in [1.165, 1.54) is 12.1 Å². The lowest BCUT2D eigenvalue weighted by Gasteiger charge is -2.35. The smallest absolute Gasteiger partial charge is 0.410 e. The maximum absolute atomic E-state index is 13.1. The summed E-state index contributed by atoms with van der Waals surface area (Å²) in [7, 11) is 0. The summed E-state index contributed by atoms with van der Waals surface area (Å²) in [6.07, 6.45) is 0.669. The van der Waals surface area contributed by atoms with E-state index in [9.17, 15) is 9.18 Å². The van der Waals surface area contributed by atoms with E-state index in [1.807, 2.05) is 69.3 Å². The fraction of sp³-hybridized carbons (Fsp3) is 0.344. The fourth-order valence-corrected chi connectivity index (χ4v) is 4.54. The zero-order valence-corrected chi connectivity index (χ0v) is 23.2. The van der Waals surface area contributed by atoms with Gasteiger partial charge in [-0.05, 0) is 100.0 Å². The van der Waals surface area contributed by atoms with Gasteiger partial charge in [-0.15, -0.1) is 0 Å². The molecular formula is C32H35FN2O5. The van der Waals surface area contributed by atoms with Gasteiger partial charge in [0.1, 0.15) is 40.0 Å². The molecule has 8 heteroatoms. The summed E-state index contributed by atoms with van der Waals surface area (Å²) in [5.74, 6) is 2.49. The monoisotopic (exact) mass is 546 g/mol. The van der Waals surface area contributed by atoms with Crippen molar-refractivity contribution >= 4 is 17.1 Å². The van der Waals surface area contributed by atoms with E-state index in [0.29, 0.717) is 31.2 Å². The third-order valence-electron chi connectivity index (χ3n) is 6.59. The van der Waals surface area contributed by atoms with Gasteiger partial charge < -0.3 is 23.5 Å². The number of carbonyl (C=O) groups is 1. The molecule has 1 aliphatic heterocycles. The second-order valence-corrected chi connectivity index (χ2v) is 10.9. The van der Waals surface area contributed by atoms with Crippen LogP contribution in [0.5, 0.6) is 17.2 Å². The largest absolute Gasteiger partial charge is 0.494 e. The normalized spacial score (nSPS) is 14.3. The first-order valence-corrected chi connectivity index (χ1v) is 13.6. The Bertz CT molecular complexity index is 1420. The molecule has 0 saturated carbocycles. The summed E-state index contributed by atoms with van der Waals surface area (Å²) < 4.78 is 36.5. The first-order valence-electron chi connectivity index (χ1n) is 13.6. The van der Waals surface area contributed by atoms with Crippen molar-refractivity contribution in [3.05, 3.63) is 78.6 Å². The molecule has 1 aliphatic rings. The van der Waals surface area contributed by atoms with Gasteiger partial charge in [-0.1, -0.05) is 0 Å². The molecule has 1 aromatic heterocycles. The molecule has 1 amide bonds. The summed E-state index contributed by atoms with van der Waals surface area (Å²) in [5, 5.41) is 0.918. The predicted octanol–water partition coefficient (Wildman–Crippen LogP) is 7.35. The molecule has 1 fully saturated rings. The van der Waals surface area contributed by atoms with Gasteiger partial charge in [-0.3, -0.25) is 4.90 Å². The highest BCUT2D eigenvalue weighted by Gasteiger charge is 2.25. The fourth-order valence-electron chi connectivity index (χ4n) is 4.54. The van der Waals surface area contributed by atoms with Crippen molar-refractivity contribution < 1.29 is 27.8 Å². The van der Waals surface area contributed by atoms with Crippen LogP contribution in [0.2, 0.25) is 0 Å². The Labute approximate surface area is 234 Å². The van der Waals surface area contributed by atoms with E-state index < -0.39 is 5.60 Å².